The van der Waals surface area contributed by atoms with E-state index in [1.165, 1.54) is 60.3 Å². The second-order valence-electron chi connectivity index (χ2n) is 12.3. The van der Waals surface area contributed by atoms with Crippen LogP contribution in [0.1, 0.15) is 22.3 Å². The van der Waals surface area contributed by atoms with Crippen molar-refractivity contribution in [2.45, 2.75) is 5.41 Å². The third-order valence-corrected chi connectivity index (χ3v) is 10.3. The van der Waals surface area contributed by atoms with Gasteiger partial charge in [0.1, 0.15) is 22.7 Å². The molecule has 2 heteroatoms. The summed E-state index contributed by atoms with van der Waals surface area (Å²) >= 11 is 0. The topological polar surface area (TPSA) is 22.4 Å². The largest absolute Gasteiger partial charge is 0.456 e. The van der Waals surface area contributed by atoms with Gasteiger partial charge in [-0.15, -0.1) is 0 Å². The zero-order valence-electron chi connectivity index (χ0n) is 24.2. The summed E-state index contributed by atoms with van der Waals surface area (Å²) in [5, 5.41) is 9.39. The number of ether oxygens (including phenoxy) is 1. The Balaban J connectivity index is 1.43. The molecule has 1 spiro atoms. The van der Waals surface area contributed by atoms with E-state index < -0.39 is 5.41 Å². The highest BCUT2D eigenvalue weighted by atomic mass is 16.5. The summed E-state index contributed by atoms with van der Waals surface area (Å²) in [5.74, 6) is 1.86. The Kier molecular flexibility index (Phi) is 4.29. The number of fused-ring (bicyclic) bond motifs is 19. The molecule has 45 heavy (non-hydrogen) atoms. The van der Waals surface area contributed by atoms with E-state index in [1.54, 1.807) is 0 Å². The Morgan fingerprint density at radius 1 is 0.356 bits per heavy atom. The van der Waals surface area contributed by atoms with E-state index >= 15 is 0 Å². The molecular formula is C43H24O2. The van der Waals surface area contributed by atoms with Gasteiger partial charge in [0.2, 0.25) is 0 Å². The molecule has 11 rings (SSSR count). The Bertz CT molecular complexity index is 2660. The van der Waals surface area contributed by atoms with Crippen molar-refractivity contribution in [2.24, 2.45) is 0 Å². The lowest BCUT2D eigenvalue weighted by atomic mass is 9.65. The first kappa shape index (κ1) is 23.6. The van der Waals surface area contributed by atoms with Crippen LogP contribution in [-0.2, 0) is 5.41 Å². The second kappa shape index (κ2) is 8.19. The minimum Gasteiger partial charge on any atom is -0.456 e. The first-order valence-corrected chi connectivity index (χ1v) is 15.5. The molecule has 0 fully saturated rings. The lowest BCUT2D eigenvalue weighted by Gasteiger charge is -2.40. The fourth-order valence-corrected chi connectivity index (χ4v) is 8.51. The number of para-hydroxylation sites is 1. The van der Waals surface area contributed by atoms with Crippen molar-refractivity contribution < 1.29 is 9.15 Å². The summed E-state index contributed by atoms with van der Waals surface area (Å²) in [6, 6.07) is 52.7. The summed E-state index contributed by atoms with van der Waals surface area (Å²) in [5.41, 5.74) is 8.65. The maximum atomic E-state index is 7.13. The summed E-state index contributed by atoms with van der Waals surface area (Å²) < 4.78 is 13.6. The average Bonchev–Trinajstić information content (AvgIpc) is 3.62. The monoisotopic (exact) mass is 572 g/mol. The van der Waals surface area contributed by atoms with Crippen LogP contribution in [0.3, 0.4) is 0 Å². The number of furan rings is 1. The van der Waals surface area contributed by atoms with Crippen LogP contribution in [0, 0.1) is 0 Å². The minimum absolute atomic E-state index is 0.599. The third-order valence-electron chi connectivity index (χ3n) is 10.3. The third kappa shape index (κ3) is 2.77. The van der Waals surface area contributed by atoms with Crippen LogP contribution in [0.2, 0.25) is 0 Å². The van der Waals surface area contributed by atoms with E-state index in [0.29, 0.717) is 0 Å². The van der Waals surface area contributed by atoms with Gasteiger partial charge in [0.15, 0.2) is 0 Å². The quantitative estimate of drug-likeness (QED) is 0.180. The predicted molar refractivity (Wildman–Crippen MR) is 184 cm³/mol. The molecule has 1 aromatic heterocycles. The molecule has 2 heterocycles. The second-order valence-corrected chi connectivity index (χ2v) is 12.3. The van der Waals surface area contributed by atoms with Crippen molar-refractivity contribution in [2.75, 3.05) is 0 Å². The molecule has 0 radical (unpaired) electrons. The molecule has 2 aliphatic rings. The molecule has 0 saturated heterocycles. The van der Waals surface area contributed by atoms with Crippen LogP contribution >= 0.6 is 0 Å². The molecule has 8 aromatic carbocycles. The standard InChI is InChI=1S/C43H24O2/c1-4-12-28-25(9-1)17-20-32-38(28)40-33(23-24-37-39(40)31-15-7-8-16-36(31)44-37)43(32)34-21-18-26-10-2-5-13-29(26)41(34)45-42-30-14-6-3-11-27(30)19-22-35(42)43/h1-24H. The van der Waals surface area contributed by atoms with Crippen molar-refractivity contribution in [3.63, 3.8) is 0 Å². The van der Waals surface area contributed by atoms with Gasteiger partial charge in [0.25, 0.3) is 0 Å². The van der Waals surface area contributed by atoms with Crippen LogP contribution in [0.15, 0.2) is 150 Å². The van der Waals surface area contributed by atoms with Crippen molar-refractivity contribution in [1.29, 1.82) is 0 Å². The Hall–Kier alpha value is -5.86. The summed E-state index contributed by atoms with van der Waals surface area (Å²) in [6.07, 6.45) is 0. The molecule has 1 aliphatic heterocycles. The fraction of sp³-hybridized carbons (Fsp3) is 0.0233. The molecule has 0 saturated carbocycles. The summed E-state index contributed by atoms with van der Waals surface area (Å²) in [7, 11) is 0. The molecule has 0 N–H and O–H groups in total. The van der Waals surface area contributed by atoms with Gasteiger partial charge in [-0.25, -0.2) is 0 Å². The summed E-state index contributed by atoms with van der Waals surface area (Å²) in [4.78, 5) is 0. The van der Waals surface area contributed by atoms with Gasteiger partial charge in [-0.05, 0) is 55.9 Å². The zero-order chi connectivity index (χ0) is 29.3. The molecule has 0 atom stereocenters. The SMILES string of the molecule is c1ccc2c3c(ccc2c1)C1(c2ccc4ccccc4c2O3)c2ccc3ccccc3c2-c2c1ccc1oc3ccccc3c21. The average molecular weight is 573 g/mol. The Labute approximate surface area is 258 Å². The van der Waals surface area contributed by atoms with Crippen molar-refractivity contribution in [1.82, 2.24) is 0 Å². The predicted octanol–water partition coefficient (Wildman–Crippen LogP) is 11.5. The van der Waals surface area contributed by atoms with Crippen LogP contribution in [-0.4, -0.2) is 0 Å². The van der Waals surface area contributed by atoms with E-state index in [1.807, 2.05) is 0 Å². The summed E-state index contributed by atoms with van der Waals surface area (Å²) in [6.45, 7) is 0. The molecule has 2 nitrogen and oxygen atoms in total. The van der Waals surface area contributed by atoms with E-state index in [2.05, 4.69) is 146 Å². The van der Waals surface area contributed by atoms with Gasteiger partial charge >= 0.3 is 0 Å². The number of rotatable bonds is 0. The number of benzene rings is 8. The lowest BCUT2D eigenvalue weighted by Crippen LogP contribution is -2.32. The molecule has 0 amide bonds. The molecule has 1 aliphatic carbocycles. The lowest BCUT2D eigenvalue weighted by molar-refractivity contribution is 0.447. The number of hydrogen-bond acceptors (Lipinski definition) is 2. The minimum atomic E-state index is -0.599. The first-order chi connectivity index (χ1) is 22.3. The highest BCUT2D eigenvalue weighted by Gasteiger charge is 2.53. The maximum absolute atomic E-state index is 7.13. The first-order valence-electron chi connectivity index (χ1n) is 15.5. The molecule has 9 aromatic rings. The highest BCUT2D eigenvalue weighted by Crippen LogP contribution is 2.66. The Morgan fingerprint density at radius 3 is 1.51 bits per heavy atom. The van der Waals surface area contributed by atoms with Crippen LogP contribution < -0.4 is 4.74 Å². The van der Waals surface area contributed by atoms with Crippen LogP contribution in [0.5, 0.6) is 11.5 Å². The van der Waals surface area contributed by atoms with Crippen molar-refractivity contribution in [3.05, 3.63) is 168 Å². The van der Waals surface area contributed by atoms with E-state index in [9.17, 15) is 0 Å². The van der Waals surface area contributed by atoms with E-state index in [-0.39, 0.29) is 0 Å². The number of hydrogen-bond donors (Lipinski definition) is 0. The molecule has 208 valence electrons. The van der Waals surface area contributed by atoms with Gasteiger partial charge in [-0.2, -0.15) is 0 Å². The molecule has 0 unspecified atom stereocenters. The zero-order valence-corrected chi connectivity index (χ0v) is 24.2. The molecule has 0 bridgehead atoms. The van der Waals surface area contributed by atoms with Crippen molar-refractivity contribution >= 4 is 54.3 Å². The smallest absolute Gasteiger partial charge is 0.140 e. The van der Waals surface area contributed by atoms with E-state index in [4.69, 9.17) is 9.15 Å². The van der Waals surface area contributed by atoms with Gasteiger partial charge in [0.05, 0.1) is 5.41 Å². The fourth-order valence-electron chi connectivity index (χ4n) is 8.51. The van der Waals surface area contributed by atoms with E-state index in [0.717, 1.165) is 38.8 Å². The normalized spacial score (nSPS) is 14.1. The molecular weight excluding hydrogens is 548 g/mol. The van der Waals surface area contributed by atoms with Gasteiger partial charge < -0.3 is 9.15 Å². The maximum Gasteiger partial charge on any atom is 0.140 e. The van der Waals surface area contributed by atoms with Gasteiger partial charge in [0, 0.05) is 32.7 Å². The van der Waals surface area contributed by atoms with Crippen LogP contribution in [0.4, 0.5) is 0 Å². The van der Waals surface area contributed by atoms with Gasteiger partial charge in [-0.3, -0.25) is 0 Å². The Morgan fingerprint density at radius 2 is 0.844 bits per heavy atom. The van der Waals surface area contributed by atoms with Crippen LogP contribution in [0.25, 0.3) is 65.4 Å². The van der Waals surface area contributed by atoms with Crippen molar-refractivity contribution in [3.8, 4) is 22.6 Å². The van der Waals surface area contributed by atoms with Gasteiger partial charge in [-0.1, -0.05) is 133 Å². The highest BCUT2D eigenvalue weighted by molar-refractivity contribution is 6.19.